The van der Waals surface area contributed by atoms with Crippen LogP contribution in [-0.4, -0.2) is 28.0 Å². The van der Waals surface area contributed by atoms with Gasteiger partial charge >= 0.3 is 0 Å². The summed E-state index contributed by atoms with van der Waals surface area (Å²) in [5, 5.41) is 11.5. The highest BCUT2D eigenvalue weighted by molar-refractivity contribution is 9.10. The van der Waals surface area contributed by atoms with Crippen molar-refractivity contribution in [2.45, 2.75) is 20.3 Å². The summed E-state index contributed by atoms with van der Waals surface area (Å²) in [6.45, 7) is 4.31. The molecule has 1 aromatic carbocycles. The van der Waals surface area contributed by atoms with Gasteiger partial charge in [0.15, 0.2) is 0 Å². The molecule has 8 heteroatoms. The lowest BCUT2D eigenvalue weighted by Gasteiger charge is -2.07. The van der Waals surface area contributed by atoms with Crippen molar-refractivity contribution in [1.82, 2.24) is 15.2 Å². The van der Waals surface area contributed by atoms with Gasteiger partial charge in [0, 0.05) is 0 Å². The highest BCUT2D eigenvalue weighted by atomic mass is 79.9. The first kappa shape index (κ1) is 16.2. The molecule has 0 aliphatic heterocycles. The summed E-state index contributed by atoms with van der Waals surface area (Å²) < 4.78 is 6.43. The molecule has 116 valence electrons. The van der Waals surface area contributed by atoms with Gasteiger partial charge in [-0.1, -0.05) is 6.92 Å². The molecule has 2 N–H and O–H groups in total. The second-order valence-electron chi connectivity index (χ2n) is 4.50. The number of rotatable bonds is 6. The zero-order valence-electron chi connectivity index (χ0n) is 12.3. The van der Waals surface area contributed by atoms with Gasteiger partial charge in [-0.3, -0.25) is 9.78 Å². The topological polar surface area (TPSA) is 92.3 Å². The first-order valence-corrected chi connectivity index (χ1v) is 7.54. The van der Waals surface area contributed by atoms with Crippen LogP contribution in [0.4, 0.5) is 5.95 Å². The molecule has 0 bridgehead atoms. The van der Waals surface area contributed by atoms with Crippen molar-refractivity contribution in [3.05, 3.63) is 44.3 Å². The van der Waals surface area contributed by atoms with Gasteiger partial charge in [0.25, 0.3) is 5.56 Å². The number of aryl methyl sites for hydroxylation is 1. The Kier molecular flexibility index (Phi) is 5.65. The molecule has 2 rings (SSSR count). The summed E-state index contributed by atoms with van der Waals surface area (Å²) in [4.78, 5) is 13.9. The molecule has 0 amide bonds. The Balaban J connectivity index is 2.02. The second kappa shape index (κ2) is 7.69. The van der Waals surface area contributed by atoms with Gasteiger partial charge in [0.1, 0.15) is 11.4 Å². The molecule has 0 aliphatic rings. The summed E-state index contributed by atoms with van der Waals surface area (Å²) >= 11 is 3.45. The Morgan fingerprint density at radius 3 is 2.95 bits per heavy atom. The minimum atomic E-state index is -0.298. The molecule has 0 atom stereocenters. The van der Waals surface area contributed by atoms with Gasteiger partial charge in [0.05, 0.1) is 17.3 Å². The number of anilines is 1. The predicted molar refractivity (Wildman–Crippen MR) is 88.5 cm³/mol. The molecule has 0 unspecified atom stereocenters. The van der Waals surface area contributed by atoms with E-state index < -0.39 is 0 Å². The molecule has 22 heavy (non-hydrogen) atoms. The first-order chi connectivity index (χ1) is 10.6. The number of aromatic nitrogens is 3. The summed E-state index contributed by atoms with van der Waals surface area (Å²) in [6.07, 6.45) is 2.56. The van der Waals surface area contributed by atoms with Crippen LogP contribution < -0.4 is 15.7 Å². The Hall–Kier alpha value is -2.22. The molecular weight excluding hydrogens is 350 g/mol. The summed E-state index contributed by atoms with van der Waals surface area (Å²) in [5.74, 6) is 0.981. The van der Waals surface area contributed by atoms with E-state index in [2.05, 4.69) is 48.6 Å². The second-order valence-corrected chi connectivity index (χ2v) is 5.35. The van der Waals surface area contributed by atoms with Crippen molar-refractivity contribution >= 4 is 28.1 Å². The van der Waals surface area contributed by atoms with E-state index in [4.69, 9.17) is 4.74 Å². The van der Waals surface area contributed by atoms with E-state index in [1.165, 1.54) is 0 Å². The molecule has 1 aromatic heterocycles. The van der Waals surface area contributed by atoms with E-state index in [9.17, 15) is 4.79 Å². The minimum absolute atomic E-state index is 0.189. The summed E-state index contributed by atoms with van der Waals surface area (Å²) in [7, 11) is 0. The third-order valence-electron chi connectivity index (χ3n) is 2.66. The molecule has 0 saturated heterocycles. The van der Waals surface area contributed by atoms with Crippen molar-refractivity contribution in [2.75, 3.05) is 12.0 Å². The van der Waals surface area contributed by atoms with Crippen molar-refractivity contribution in [2.24, 2.45) is 5.10 Å². The SMILES string of the molecule is CCCOc1ccc(/C=N/Nc2nnc(C)c(=O)[nH]2)cc1Br. The van der Waals surface area contributed by atoms with E-state index in [0.29, 0.717) is 12.3 Å². The van der Waals surface area contributed by atoms with E-state index in [1.54, 1.807) is 13.1 Å². The number of benzene rings is 1. The number of hydrazone groups is 1. The highest BCUT2D eigenvalue weighted by Crippen LogP contribution is 2.25. The van der Waals surface area contributed by atoms with Crippen LogP contribution in [0.5, 0.6) is 5.75 Å². The predicted octanol–water partition coefficient (Wildman–Crippen LogP) is 2.47. The molecule has 0 spiro atoms. The standard InChI is InChI=1S/C14H16BrN5O2/c1-3-6-22-12-5-4-10(7-11(12)15)8-16-19-14-17-13(21)9(2)18-20-14/h4-5,7-8H,3,6H2,1-2H3,(H2,17,19,20,21)/b16-8+. The number of aromatic amines is 1. The van der Waals surface area contributed by atoms with Gasteiger partial charge in [-0.05, 0) is 53.0 Å². The highest BCUT2D eigenvalue weighted by Gasteiger charge is 2.01. The van der Waals surface area contributed by atoms with Crippen LogP contribution in [0.1, 0.15) is 24.6 Å². The van der Waals surface area contributed by atoms with Crippen LogP contribution in [0.15, 0.2) is 32.6 Å². The molecule has 1 heterocycles. The molecule has 0 radical (unpaired) electrons. The average Bonchev–Trinajstić information content (AvgIpc) is 2.50. The van der Waals surface area contributed by atoms with E-state index >= 15 is 0 Å². The fraction of sp³-hybridized carbons (Fsp3) is 0.286. The van der Waals surface area contributed by atoms with Crippen molar-refractivity contribution < 1.29 is 4.74 Å². The maximum atomic E-state index is 11.4. The van der Waals surface area contributed by atoms with Crippen LogP contribution in [0.25, 0.3) is 0 Å². The fourth-order valence-corrected chi connectivity index (χ4v) is 2.05. The van der Waals surface area contributed by atoms with Gasteiger partial charge in [0.2, 0.25) is 5.95 Å². The Morgan fingerprint density at radius 2 is 2.27 bits per heavy atom. The van der Waals surface area contributed by atoms with Gasteiger partial charge in [-0.2, -0.15) is 5.10 Å². The monoisotopic (exact) mass is 365 g/mol. The maximum absolute atomic E-state index is 11.4. The summed E-state index contributed by atoms with van der Waals surface area (Å²) in [5.41, 5.74) is 3.50. The number of hydrogen-bond donors (Lipinski definition) is 2. The first-order valence-electron chi connectivity index (χ1n) is 6.75. The van der Waals surface area contributed by atoms with Gasteiger partial charge in [-0.15, -0.1) is 10.2 Å². The number of H-pyrrole nitrogens is 1. The number of nitrogens with one attached hydrogen (secondary N) is 2. The van der Waals surface area contributed by atoms with Crippen LogP contribution in [0.2, 0.25) is 0 Å². The lowest BCUT2D eigenvalue weighted by atomic mass is 10.2. The number of hydrogen-bond acceptors (Lipinski definition) is 6. The van der Waals surface area contributed by atoms with Gasteiger partial charge in [-0.25, -0.2) is 5.43 Å². The van der Waals surface area contributed by atoms with E-state index in [0.717, 1.165) is 22.2 Å². The Morgan fingerprint density at radius 1 is 1.45 bits per heavy atom. The van der Waals surface area contributed by atoms with Crippen molar-refractivity contribution in [3.63, 3.8) is 0 Å². The fourth-order valence-electron chi connectivity index (χ4n) is 1.54. The third-order valence-corrected chi connectivity index (χ3v) is 3.28. The zero-order chi connectivity index (χ0) is 15.9. The van der Waals surface area contributed by atoms with E-state index in [1.807, 2.05) is 18.2 Å². The maximum Gasteiger partial charge on any atom is 0.274 e. The lowest BCUT2D eigenvalue weighted by molar-refractivity contribution is 0.315. The number of ether oxygens (including phenoxy) is 1. The third kappa shape index (κ3) is 4.39. The van der Waals surface area contributed by atoms with E-state index in [-0.39, 0.29) is 11.5 Å². The molecule has 7 nitrogen and oxygen atoms in total. The van der Waals surface area contributed by atoms with Crippen LogP contribution >= 0.6 is 15.9 Å². The van der Waals surface area contributed by atoms with Crippen molar-refractivity contribution in [1.29, 1.82) is 0 Å². The molecule has 2 aromatic rings. The molecular formula is C14H16BrN5O2. The quantitative estimate of drug-likeness (QED) is 0.605. The van der Waals surface area contributed by atoms with Crippen molar-refractivity contribution in [3.8, 4) is 5.75 Å². The van der Waals surface area contributed by atoms with Gasteiger partial charge < -0.3 is 4.74 Å². The van der Waals surface area contributed by atoms with Crippen LogP contribution in [0.3, 0.4) is 0 Å². The van der Waals surface area contributed by atoms with Crippen LogP contribution in [0, 0.1) is 6.92 Å². The summed E-state index contributed by atoms with van der Waals surface area (Å²) in [6, 6.07) is 5.64. The Bertz CT molecular complexity index is 729. The normalized spacial score (nSPS) is 10.9. The zero-order valence-corrected chi connectivity index (χ0v) is 13.8. The molecule has 0 saturated carbocycles. The molecule has 0 aliphatic carbocycles. The van der Waals surface area contributed by atoms with Crippen LogP contribution in [-0.2, 0) is 0 Å². The Labute approximate surface area is 135 Å². The largest absolute Gasteiger partial charge is 0.492 e. The average molecular weight is 366 g/mol. The number of halogens is 1. The molecule has 0 fully saturated rings. The minimum Gasteiger partial charge on any atom is -0.492 e. The number of nitrogens with zero attached hydrogens (tertiary/aromatic N) is 3. The smallest absolute Gasteiger partial charge is 0.274 e. The lowest BCUT2D eigenvalue weighted by Crippen LogP contribution is -2.15.